The van der Waals surface area contributed by atoms with E-state index in [4.69, 9.17) is 10.5 Å². The minimum atomic E-state index is -0.494. The van der Waals surface area contributed by atoms with Crippen molar-refractivity contribution in [3.63, 3.8) is 0 Å². The van der Waals surface area contributed by atoms with Gasteiger partial charge in [0.25, 0.3) is 5.91 Å². The number of likely N-dealkylation sites (N-methyl/N-ethyl adjacent to an activating group) is 2. The molecule has 3 aromatic rings. The molecular weight excluding hydrogens is 520 g/mol. The fraction of sp³-hybridized carbons (Fsp3) is 0.258. The molecule has 0 atom stereocenters. The van der Waals surface area contributed by atoms with Crippen LogP contribution in [0.1, 0.15) is 21.5 Å². The number of fused-ring (bicyclic) bond motifs is 1. The van der Waals surface area contributed by atoms with Crippen molar-refractivity contribution < 1.29 is 19.1 Å². The van der Waals surface area contributed by atoms with E-state index in [1.807, 2.05) is 36.4 Å². The molecule has 2 aliphatic rings. The van der Waals surface area contributed by atoms with Gasteiger partial charge < -0.3 is 30.9 Å². The van der Waals surface area contributed by atoms with Crippen LogP contribution in [0.2, 0.25) is 0 Å². The first-order valence-corrected chi connectivity index (χ1v) is 13.4. The Morgan fingerprint density at radius 1 is 1.00 bits per heavy atom. The highest BCUT2D eigenvalue weighted by atomic mass is 16.5. The number of nitrogens with one attached hydrogen (secondary N) is 2. The molecule has 5 rings (SSSR count). The van der Waals surface area contributed by atoms with Crippen LogP contribution >= 0.6 is 0 Å². The van der Waals surface area contributed by atoms with E-state index in [2.05, 4.69) is 27.5 Å². The first-order chi connectivity index (χ1) is 19.7. The molecule has 4 N–H and O–H groups in total. The average molecular weight is 555 g/mol. The third kappa shape index (κ3) is 6.08. The van der Waals surface area contributed by atoms with Gasteiger partial charge in [-0.1, -0.05) is 12.1 Å². The number of nitrogens with zero attached hydrogens (tertiary/aromatic N) is 3. The first kappa shape index (κ1) is 27.9. The van der Waals surface area contributed by atoms with Crippen LogP contribution < -0.4 is 21.3 Å². The Morgan fingerprint density at radius 3 is 2.41 bits per heavy atom. The SMILES string of the molecule is COC(=O)c1ccc2c(c1)/C(=C(/Nc1ccc(N(C)C(=O)CN3CCN(C)CC3)cc1)c1cccc(N)c1)C(=O)N2. The minimum Gasteiger partial charge on any atom is -0.465 e. The van der Waals surface area contributed by atoms with Gasteiger partial charge in [0.2, 0.25) is 5.91 Å². The molecule has 2 heterocycles. The number of amides is 2. The highest BCUT2D eigenvalue weighted by Crippen LogP contribution is 2.38. The van der Waals surface area contributed by atoms with E-state index in [9.17, 15) is 14.4 Å². The summed E-state index contributed by atoms with van der Waals surface area (Å²) in [4.78, 5) is 44.5. The summed E-state index contributed by atoms with van der Waals surface area (Å²) in [5.41, 5.74) is 11.2. The molecule has 0 aromatic heterocycles. The predicted molar refractivity (Wildman–Crippen MR) is 161 cm³/mol. The van der Waals surface area contributed by atoms with Gasteiger partial charge in [-0.15, -0.1) is 0 Å². The number of nitrogens with two attached hydrogens (primary N) is 1. The molecule has 0 aliphatic carbocycles. The van der Waals surface area contributed by atoms with Gasteiger partial charge in [-0.05, 0) is 61.6 Å². The predicted octanol–water partition coefficient (Wildman–Crippen LogP) is 3.20. The monoisotopic (exact) mass is 554 g/mol. The largest absolute Gasteiger partial charge is 0.465 e. The number of nitrogen functional groups attached to an aromatic ring is 1. The molecule has 212 valence electrons. The van der Waals surface area contributed by atoms with E-state index < -0.39 is 5.97 Å². The number of benzene rings is 3. The van der Waals surface area contributed by atoms with Gasteiger partial charge in [-0.3, -0.25) is 14.5 Å². The minimum absolute atomic E-state index is 0.0264. The number of hydrogen-bond acceptors (Lipinski definition) is 8. The standard InChI is InChI=1S/C31H34N6O4/c1-35-13-15-37(16-14-35)19-27(38)36(2)24-10-8-23(9-11-24)33-29(20-5-4-6-22(32)17-20)28-25-18-21(31(40)41-3)7-12-26(25)34-30(28)39/h4-12,17-18,33H,13-16,19,32H2,1-3H3,(H,34,39)/b29-28-. The maximum Gasteiger partial charge on any atom is 0.337 e. The van der Waals surface area contributed by atoms with Crippen molar-refractivity contribution in [3.05, 3.63) is 83.4 Å². The zero-order valence-corrected chi connectivity index (χ0v) is 23.4. The lowest BCUT2D eigenvalue weighted by Crippen LogP contribution is -2.48. The summed E-state index contributed by atoms with van der Waals surface area (Å²) in [5, 5.41) is 6.28. The molecule has 2 aliphatic heterocycles. The highest BCUT2D eigenvalue weighted by Gasteiger charge is 2.30. The second kappa shape index (κ2) is 11.8. The second-order valence-corrected chi connectivity index (χ2v) is 10.3. The number of hydrogen-bond donors (Lipinski definition) is 3. The van der Waals surface area contributed by atoms with Crippen molar-refractivity contribution in [3.8, 4) is 0 Å². The Balaban J connectivity index is 1.44. The van der Waals surface area contributed by atoms with Gasteiger partial charge in [-0.2, -0.15) is 0 Å². The summed E-state index contributed by atoms with van der Waals surface area (Å²) in [6, 6.07) is 19.6. The molecule has 0 spiro atoms. The molecule has 2 amide bonds. The summed E-state index contributed by atoms with van der Waals surface area (Å²) in [6.07, 6.45) is 0. The fourth-order valence-electron chi connectivity index (χ4n) is 4.99. The Kier molecular flexibility index (Phi) is 8.04. The normalized spacial score (nSPS) is 16.5. The van der Waals surface area contributed by atoms with Crippen molar-refractivity contribution >= 4 is 51.8 Å². The number of anilines is 4. The molecule has 3 aromatic carbocycles. The summed E-state index contributed by atoms with van der Waals surface area (Å²) in [6.45, 7) is 4.03. The smallest absolute Gasteiger partial charge is 0.337 e. The van der Waals surface area contributed by atoms with Crippen LogP contribution in [0.3, 0.4) is 0 Å². The van der Waals surface area contributed by atoms with Crippen molar-refractivity contribution in [2.24, 2.45) is 0 Å². The van der Waals surface area contributed by atoms with Crippen molar-refractivity contribution in [1.29, 1.82) is 0 Å². The third-order valence-corrected chi connectivity index (χ3v) is 7.46. The highest BCUT2D eigenvalue weighted by molar-refractivity contribution is 6.37. The maximum absolute atomic E-state index is 13.3. The lowest BCUT2D eigenvalue weighted by Gasteiger charge is -2.32. The van der Waals surface area contributed by atoms with Crippen molar-refractivity contribution in [2.75, 3.05) is 75.2 Å². The Hall–Kier alpha value is -4.67. The third-order valence-electron chi connectivity index (χ3n) is 7.46. The van der Waals surface area contributed by atoms with E-state index in [-0.39, 0.29) is 11.8 Å². The van der Waals surface area contributed by atoms with E-state index in [0.717, 1.165) is 31.9 Å². The summed E-state index contributed by atoms with van der Waals surface area (Å²) < 4.78 is 4.88. The Morgan fingerprint density at radius 2 is 1.73 bits per heavy atom. The van der Waals surface area contributed by atoms with Crippen LogP contribution in [-0.2, 0) is 14.3 Å². The molecule has 0 saturated carbocycles. The van der Waals surface area contributed by atoms with E-state index in [1.54, 1.807) is 42.3 Å². The summed E-state index contributed by atoms with van der Waals surface area (Å²) in [7, 11) is 5.18. The number of piperazine rings is 1. The van der Waals surface area contributed by atoms with Gasteiger partial charge in [0.05, 0.1) is 30.5 Å². The lowest BCUT2D eigenvalue weighted by atomic mass is 9.98. The van der Waals surface area contributed by atoms with Crippen LogP contribution in [-0.4, -0.2) is 81.5 Å². The molecule has 1 fully saturated rings. The number of esters is 1. The van der Waals surface area contributed by atoms with Crippen LogP contribution in [0.4, 0.5) is 22.7 Å². The average Bonchev–Trinajstić information content (AvgIpc) is 3.31. The van der Waals surface area contributed by atoms with Crippen LogP contribution in [0.15, 0.2) is 66.7 Å². The quantitative estimate of drug-likeness (QED) is 0.231. The molecule has 0 bridgehead atoms. The van der Waals surface area contributed by atoms with Gasteiger partial charge in [-0.25, -0.2) is 4.79 Å². The topological polar surface area (TPSA) is 120 Å². The van der Waals surface area contributed by atoms with Crippen LogP contribution in [0.25, 0.3) is 11.3 Å². The van der Waals surface area contributed by atoms with E-state index in [1.165, 1.54) is 7.11 Å². The van der Waals surface area contributed by atoms with E-state index in [0.29, 0.717) is 51.6 Å². The van der Waals surface area contributed by atoms with Crippen LogP contribution in [0.5, 0.6) is 0 Å². The van der Waals surface area contributed by atoms with Gasteiger partial charge in [0.15, 0.2) is 0 Å². The Labute approximate surface area is 239 Å². The van der Waals surface area contributed by atoms with Crippen molar-refractivity contribution in [2.45, 2.75) is 0 Å². The number of ether oxygens (including phenoxy) is 1. The lowest BCUT2D eigenvalue weighted by molar-refractivity contribution is -0.119. The molecule has 10 nitrogen and oxygen atoms in total. The molecule has 41 heavy (non-hydrogen) atoms. The summed E-state index contributed by atoms with van der Waals surface area (Å²) in [5.74, 6) is -0.775. The Bertz CT molecular complexity index is 1510. The number of carbonyl (C=O) groups is 3. The zero-order chi connectivity index (χ0) is 29.1. The van der Waals surface area contributed by atoms with Crippen LogP contribution in [0, 0.1) is 0 Å². The number of rotatable bonds is 7. The van der Waals surface area contributed by atoms with Gasteiger partial charge in [0, 0.05) is 67.1 Å². The molecular formula is C31H34N6O4. The molecule has 0 unspecified atom stereocenters. The molecule has 10 heteroatoms. The van der Waals surface area contributed by atoms with Crippen molar-refractivity contribution in [1.82, 2.24) is 9.80 Å². The number of methoxy groups -OCH3 is 1. The zero-order valence-electron chi connectivity index (χ0n) is 23.4. The van der Waals surface area contributed by atoms with Gasteiger partial charge >= 0.3 is 5.97 Å². The van der Waals surface area contributed by atoms with Gasteiger partial charge in [0.1, 0.15) is 0 Å². The van der Waals surface area contributed by atoms with E-state index >= 15 is 0 Å². The first-order valence-electron chi connectivity index (χ1n) is 13.4. The second-order valence-electron chi connectivity index (χ2n) is 10.3. The molecule has 1 saturated heterocycles. The summed E-state index contributed by atoms with van der Waals surface area (Å²) >= 11 is 0. The number of carbonyl (C=O) groups excluding carboxylic acids is 3. The fourth-order valence-corrected chi connectivity index (χ4v) is 4.99. The maximum atomic E-state index is 13.3. The molecule has 0 radical (unpaired) electrons.